The molecule has 0 radical (unpaired) electrons. The lowest BCUT2D eigenvalue weighted by Gasteiger charge is -2.08. The molecule has 0 saturated carbocycles. The molecule has 1 aromatic heterocycles. The van der Waals surface area contributed by atoms with E-state index in [-0.39, 0.29) is 5.78 Å². The number of fused-ring (bicyclic) bond motifs is 1. The van der Waals surface area contributed by atoms with E-state index in [4.69, 9.17) is 27.9 Å². The van der Waals surface area contributed by atoms with Gasteiger partial charge in [0.05, 0.1) is 22.0 Å². The van der Waals surface area contributed by atoms with Crippen molar-refractivity contribution in [3.63, 3.8) is 0 Å². The summed E-state index contributed by atoms with van der Waals surface area (Å²) in [5.74, 6) is 0.410. The zero-order valence-corrected chi connectivity index (χ0v) is 13.9. The summed E-state index contributed by atoms with van der Waals surface area (Å²) in [4.78, 5) is 14.7. The van der Waals surface area contributed by atoms with Gasteiger partial charge in [-0.2, -0.15) is 0 Å². The lowest BCUT2D eigenvalue weighted by molar-refractivity contribution is 0.104. The van der Waals surface area contributed by atoms with Crippen molar-refractivity contribution in [2.75, 3.05) is 7.11 Å². The highest BCUT2D eigenvalue weighted by Gasteiger charge is 2.21. The number of aryl methyl sites for hydroxylation is 2. The fourth-order valence-electron chi connectivity index (χ4n) is 2.59. The fourth-order valence-corrected chi connectivity index (χ4v) is 4.28. The molecule has 0 fully saturated rings. The van der Waals surface area contributed by atoms with Crippen molar-refractivity contribution < 1.29 is 9.53 Å². The highest BCUT2D eigenvalue weighted by molar-refractivity contribution is 7.14. The number of ether oxygens (including phenoxy) is 1. The van der Waals surface area contributed by atoms with E-state index >= 15 is 0 Å². The number of thiophene rings is 1. The predicted octanol–water partition coefficient (Wildman–Crippen LogP) is 5.17. The molecule has 1 aliphatic carbocycles. The topological polar surface area (TPSA) is 26.3 Å². The Morgan fingerprint density at radius 1 is 1.14 bits per heavy atom. The van der Waals surface area contributed by atoms with E-state index in [0.29, 0.717) is 21.4 Å². The SMILES string of the molecule is COc1cc(Cl)c(C(=O)c2cc3c(s2)CCCC3)cc1Cl. The Bertz CT molecular complexity index is 683. The molecule has 0 N–H and O–H groups in total. The van der Waals surface area contributed by atoms with Crippen LogP contribution in [-0.2, 0) is 12.8 Å². The number of carbonyl (C=O) groups is 1. The molecule has 0 spiro atoms. The van der Waals surface area contributed by atoms with Gasteiger partial charge in [-0.1, -0.05) is 23.2 Å². The van der Waals surface area contributed by atoms with Gasteiger partial charge < -0.3 is 4.74 Å². The first-order chi connectivity index (χ1) is 10.1. The van der Waals surface area contributed by atoms with Gasteiger partial charge in [-0.25, -0.2) is 0 Å². The first kappa shape index (κ1) is 14.9. The Hall–Kier alpha value is -1.03. The lowest BCUT2D eigenvalue weighted by Crippen LogP contribution is -2.00. The average Bonchev–Trinajstić information content (AvgIpc) is 2.92. The molecule has 21 heavy (non-hydrogen) atoms. The van der Waals surface area contributed by atoms with Crippen molar-refractivity contribution in [2.24, 2.45) is 0 Å². The summed E-state index contributed by atoms with van der Waals surface area (Å²) in [6, 6.07) is 5.18. The van der Waals surface area contributed by atoms with Crippen molar-refractivity contribution in [2.45, 2.75) is 25.7 Å². The molecular weight excluding hydrogens is 327 g/mol. The third-order valence-electron chi connectivity index (χ3n) is 3.71. The number of hydrogen-bond donors (Lipinski definition) is 0. The third-order valence-corrected chi connectivity index (χ3v) is 5.55. The van der Waals surface area contributed by atoms with Crippen LogP contribution in [0.3, 0.4) is 0 Å². The van der Waals surface area contributed by atoms with Crippen LogP contribution in [-0.4, -0.2) is 12.9 Å². The highest BCUT2D eigenvalue weighted by Crippen LogP contribution is 2.35. The zero-order chi connectivity index (χ0) is 15.0. The van der Waals surface area contributed by atoms with Crippen LogP contribution in [0.5, 0.6) is 5.75 Å². The number of halogens is 2. The minimum absolute atomic E-state index is 0.0658. The van der Waals surface area contributed by atoms with Gasteiger partial charge in [0, 0.05) is 16.5 Å². The van der Waals surface area contributed by atoms with Gasteiger partial charge in [-0.3, -0.25) is 4.79 Å². The maximum absolute atomic E-state index is 12.7. The molecular formula is C16H14Cl2O2S. The number of benzene rings is 1. The van der Waals surface area contributed by atoms with Gasteiger partial charge in [-0.15, -0.1) is 11.3 Å². The molecule has 0 aliphatic heterocycles. The Morgan fingerprint density at radius 3 is 2.62 bits per heavy atom. The van der Waals surface area contributed by atoms with Crippen LogP contribution in [0.1, 0.15) is 38.5 Å². The first-order valence-electron chi connectivity index (χ1n) is 6.79. The number of rotatable bonds is 3. The molecule has 1 aromatic carbocycles. The maximum Gasteiger partial charge on any atom is 0.204 e. The summed E-state index contributed by atoms with van der Waals surface area (Å²) < 4.78 is 5.11. The van der Waals surface area contributed by atoms with Crippen molar-refractivity contribution >= 4 is 40.3 Å². The van der Waals surface area contributed by atoms with Crippen LogP contribution >= 0.6 is 34.5 Å². The van der Waals surface area contributed by atoms with Gasteiger partial charge in [-0.05, 0) is 43.4 Å². The quantitative estimate of drug-likeness (QED) is 0.720. The van der Waals surface area contributed by atoms with Gasteiger partial charge in [0.2, 0.25) is 5.78 Å². The van der Waals surface area contributed by atoms with E-state index in [9.17, 15) is 4.79 Å². The van der Waals surface area contributed by atoms with E-state index in [2.05, 4.69) is 0 Å². The minimum atomic E-state index is -0.0658. The molecule has 0 unspecified atom stereocenters. The Morgan fingerprint density at radius 2 is 1.90 bits per heavy atom. The smallest absolute Gasteiger partial charge is 0.204 e. The van der Waals surface area contributed by atoms with Gasteiger partial charge >= 0.3 is 0 Å². The zero-order valence-electron chi connectivity index (χ0n) is 11.5. The average molecular weight is 341 g/mol. The summed E-state index contributed by atoms with van der Waals surface area (Å²) in [5, 5.41) is 0.763. The molecule has 3 rings (SSSR count). The summed E-state index contributed by atoms with van der Waals surface area (Å²) in [5.41, 5.74) is 1.74. The monoisotopic (exact) mass is 340 g/mol. The summed E-state index contributed by atoms with van der Waals surface area (Å²) in [6.07, 6.45) is 4.54. The molecule has 0 bridgehead atoms. The van der Waals surface area contributed by atoms with Gasteiger partial charge in [0.1, 0.15) is 5.75 Å². The molecule has 2 aromatic rings. The van der Waals surface area contributed by atoms with E-state index in [0.717, 1.165) is 17.7 Å². The Kier molecular flexibility index (Phi) is 4.25. The molecule has 0 amide bonds. The first-order valence-corrected chi connectivity index (χ1v) is 8.36. The van der Waals surface area contributed by atoms with E-state index in [1.807, 2.05) is 6.07 Å². The molecule has 1 heterocycles. The molecule has 5 heteroatoms. The van der Waals surface area contributed by atoms with Crippen LogP contribution in [0.25, 0.3) is 0 Å². The highest BCUT2D eigenvalue weighted by atomic mass is 35.5. The van der Waals surface area contributed by atoms with Crippen LogP contribution < -0.4 is 4.74 Å². The summed E-state index contributed by atoms with van der Waals surface area (Å²) in [6.45, 7) is 0. The van der Waals surface area contributed by atoms with Crippen molar-refractivity contribution in [3.05, 3.63) is 49.1 Å². The summed E-state index contributed by atoms with van der Waals surface area (Å²) in [7, 11) is 1.52. The molecule has 0 atom stereocenters. The standard InChI is InChI=1S/C16H14Cl2O2S/c1-20-13-8-11(17)10(7-12(13)18)16(19)15-6-9-4-2-3-5-14(9)21-15/h6-8H,2-5H2,1H3. The normalized spacial score (nSPS) is 13.9. The van der Waals surface area contributed by atoms with Crippen LogP contribution in [0.15, 0.2) is 18.2 Å². The van der Waals surface area contributed by atoms with Gasteiger partial charge in [0.15, 0.2) is 0 Å². The van der Waals surface area contributed by atoms with Crippen molar-refractivity contribution in [1.29, 1.82) is 0 Å². The largest absolute Gasteiger partial charge is 0.495 e. The van der Waals surface area contributed by atoms with Crippen molar-refractivity contribution in [3.8, 4) is 5.75 Å². The number of ketones is 1. The third kappa shape index (κ3) is 2.83. The number of hydrogen-bond acceptors (Lipinski definition) is 3. The maximum atomic E-state index is 12.7. The van der Waals surface area contributed by atoms with Crippen molar-refractivity contribution in [1.82, 2.24) is 0 Å². The van der Waals surface area contributed by atoms with E-state index in [1.54, 1.807) is 23.5 Å². The number of carbonyl (C=O) groups excluding carboxylic acids is 1. The Labute approximate surface area is 137 Å². The molecule has 2 nitrogen and oxygen atoms in total. The molecule has 110 valence electrons. The molecule has 0 saturated heterocycles. The van der Waals surface area contributed by atoms with Crippen LogP contribution in [0.2, 0.25) is 10.0 Å². The molecule has 1 aliphatic rings. The Balaban J connectivity index is 1.98. The van der Waals surface area contributed by atoms with E-state index < -0.39 is 0 Å². The second-order valence-corrected chi connectivity index (χ2v) is 7.01. The fraction of sp³-hybridized carbons (Fsp3) is 0.312. The second-order valence-electron chi connectivity index (χ2n) is 5.06. The predicted molar refractivity (Wildman–Crippen MR) is 87.4 cm³/mol. The van der Waals surface area contributed by atoms with Crippen LogP contribution in [0, 0.1) is 0 Å². The lowest BCUT2D eigenvalue weighted by atomic mass is 9.98. The summed E-state index contributed by atoms with van der Waals surface area (Å²) >= 11 is 13.9. The van der Waals surface area contributed by atoms with Crippen LogP contribution in [0.4, 0.5) is 0 Å². The number of methoxy groups -OCH3 is 1. The van der Waals surface area contributed by atoms with Gasteiger partial charge in [0.25, 0.3) is 0 Å². The minimum Gasteiger partial charge on any atom is -0.495 e. The second kappa shape index (κ2) is 5.99. The van der Waals surface area contributed by atoms with E-state index in [1.165, 1.54) is 30.4 Å².